The minimum Gasteiger partial charge on any atom is -0.508 e. The number of amides is 3. The average molecular weight is 480 g/mol. The van der Waals surface area contributed by atoms with Crippen LogP contribution in [0.5, 0.6) is 5.75 Å². The van der Waals surface area contributed by atoms with Crippen LogP contribution in [-0.4, -0.2) is 66.2 Å². The Bertz CT molecular complexity index is 865. The van der Waals surface area contributed by atoms with Crippen molar-refractivity contribution in [1.82, 2.24) is 15.5 Å². The van der Waals surface area contributed by atoms with Gasteiger partial charge in [0.05, 0.1) is 7.11 Å². The number of hydrogen-bond acceptors (Lipinski definition) is 7. The Kier molecular flexibility index (Phi) is 11.3. The lowest BCUT2D eigenvalue weighted by atomic mass is 10.0. The molecule has 0 aromatic heterocycles. The first-order chi connectivity index (χ1) is 15.9. The number of aromatic hydroxyl groups is 1. The Morgan fingerprint density at radius 3 is 2.32 bits per heavy atom. The molecule has 1 atom stereocenters. The summed E-state index contributed by atoms with van der Waals surface area (Å²) in [5.74, 6) is -1.67. The predicted octanol–water partition coefficient (Wildman–Crippen LogP) is 2.57. The normalized spacial score (nSPS) is 11.8. The zero-order valence-corrected chi connectivity index (χ0v) is 20.9. The molecule has 3 N–H and O–H groups in total. The monoisotopic (exact) mass is 479 g/mol. The first kappa shape index (κ1) is 28.7. The van der Waals surface area contributed by atoms with Crippen LogP contribution < -0.4 is 10.6 Å². The second-order valence-electron chi connectivity index (χ2n) is 8.89. The van der Waals surface area contributed by atoms with Gasteiger partial charge < -0.3 is 30.1 Å². The summed E-state index contributed by atoms with van der Waals surface area (Å²) in [6, 6.07) is 3.51. The van der Waals surface area contributed by atoms with Crippen LogP contribution in [0.2, 0.25) is 0 Å². The number of rotatable bonds is 11. The summed E-state index contributed by atoms with van der Waals surface area (Å²) in [4.78, 5) is 51.4. The van der Waals surface area contributed by atoms with Crippen molar-refractivity contribution in [3.8, 4) is 5.75 Å². The minimum absolute atomic E-state index is 0.0490. The molecular weight excluding hydrogens is 442 g/mol. The number of nitrogens with zero attached hydrogens (tertiary/aromatic N) is 1. The number of ether oxygens (including phenoxy) is 2. The topological polar surface area (TPSA) is 134 Å². The second-order valence-corrected chi connectivity index (χ2v) is 8.89. The van der Waals surface area contributed by atoms with E-state index in [0.717, 1.165) is 12.8 Å². The maximum Gasteiger partial charge on any atom is 0.408 e. The molecule has 10 nitrogen and oxygen atoms in total. The van der Waals surface area contributed by atoms with E-state index >= 15 is 0 Å². The SMILES string of the molecule is CCCCCN(C(=O)CNC(=O)OC(C)(C)C)C(C(=O)NCC(=O)OC)c1ccc(O)c(C)c1. The minimum atomic E-state index is -1.09. The van der Waals surface area contributed by atoms with Gasteiger partial charge in [-0.15, -0.1) is 0 Å². The highest BCUT2D eigenvalue weighted by Gasteiger charge is 2.32. The van der Waals surface area contributed by atoms with E-state index in [-0.39, 0.29) is 25.4 Å². The molecule has 0 spiro atoms. The third-order valence-electron chi connectivity index (χ3n) is 4.84. The molecule has 3 amide bonds. The third-order valence-corrected chi connectivity index (χ3v) is 4.84. The van der Waals surface area contributed by atoms with Gasteiger partial charge in [-0.25, -0.2) is 4.79 Å². The van der Waals surface area contributed by atoms with Gasteiger partial charge in [-0.05, 0) is 57.4 Å². The van der Waals surface area contributed by atoms with Crippen molar-refractivity contribution in [3.05, 3.63) is 29.3 Å². The van der Waals surface area contributed by atoms with E-state index < -0.39 is 35.5 Å². The molecule has 0 fully saturated rings. The summed E-state index contributed by atoms with van der Waals surface area (Å²) in [5.41, 5.74) is 0.254. The molecule has 0 bridgehead atoms. The molecule has 0 aliphatic carbocycles. The summed E-state index contributed by atoms with van der Waals surface area (Å²) >= 11 is 0. The van der Waals surface area contributed by atoms with Crippen LogP contribution in [0.4, 0.5) is 4.79 Å². The molecule has 0 radical (unpaired) electrons. The van der Waals surface area contributed by atoms with E-state index in [0.29, 0.717) is 17.5 Å². The van der Waals surface area contributed by atoms with Crippen LogP contribution in [0.15, 0.2) is 18.2 Å². The van der Waals surface area contributed by atoms with Crippen molar-refractivity contribution < 1.29 is 33.8 Å². The largest absolute Gasteiger partial charge is 0.508 e. The Hall–Kier alpha value is -3.30. The Labute approximate surface area is 201 Å². The Morgan fingerprint density at radius 2 is 1.76 bits per heavy atom. The number of carbonyl (C=O) groups is 4. The number of alkyl carbamates (subject to hydrolysis) is 1. The summed E-state index contributed by atoms with van der Waals surface area (Å²) in [6.45, 7) is 8.32. The van der Waals surface area contributed by atoms with Crippen LogP contribution in [0.3, 0.4) is 0 Å². The molecule has 1 rings (SSSR count). The van der Waals surface area contributed by atoms with Crippen molar-refractivity contribution in [2.24, 2.45) is 0 Å². The molecule has 0 aliphatic rings. The van der Waals surface area contributed by atoms with Gasteiger partial charge in [-0.1, -0.05) is 25.8 Å². The van der Waals surface area contributed by atoms with Gasteiger partial charge in [0.1, 0.15) is 30.5 Å². The van der Waals surface area contributed by atoms with Gasteiger partial charge in [-0.3, -0.25) is 14.4 Å². The summed E-state index contributed by atoms with van der Waals surface area (Å²) < 4.78 is 9.77. The zero-order valence-electron chi connectivity index (χ0n) is 20.9. The molecule has 1 unspecified atom stereocenters. The van der Waals surface area contributed by atoms with Crippen LogP contribution >= 0.6 is 0 Å². The van der Waals surface area contributed by atoms with Gasteiger partial charge in [0.25, 0.3) is 0 Å². The van der Waals surface area contributed by atoms with Crippen LogP contribution in [0.1, 0.15) is 64.1 Å². The number of carbonyl (C=O) groups excluding carboxylic acids is 4. The lowest BCUT2D eigenvalue weighted by molar-refractivity contribution is -0.143. The summed E-state index contributed by atoms with van der Waals surface area (Å²) in [7, 11) is 1.21. The number of nitrogens with one attached hydrogen (secondary N) is 2. The first-order valence-electron chi connectivity index (χ1n) is 11.3. The number of benzene rings is 1. The lowest BCUT2D eigenvalue weighted by Crippen LogP contribution is -2.48. The number of methoxy groups -OCH3 is 1. The highest BCUT2D eigenvalue weighted by Crippen LogP contribution is 2.27. The van der Waals surface area contributed by atoms with Crippen LogP contribution in [0.25, 0.3) is 0 Å². The van der Waals surface area contributed by atoms with Gasteiger partial charge in [0.2, 0.25) is 11.8 Å². The molecule has 0 heterocycles. The average Bonchev–Trinajstić information content (AvgIpc) is 2.76. The number of phenolic OH excluding ortho intramolecular Hbond substituents is 1. The third kappa shape index (κ3) is 9.68. The maximum atomic E-state index is 13.2. The van der Waals surface area contributed by atoms with E-state index in [9.17, 15) is 24.3 Å². The quantitative estimate of drug-likeness (QED) is 0.328. The number of aryl methyl sites for hydroxylation is 1. The van der Waals surface area contributed by atoms with Gasteiger partial charge in [0, 0.05) is 6.54 Å². The highest BCUT2D eigenvalue weighted by molar-refractivity contribution is 5.92. The second kappa shape index (κ2) is 13.4. The fourth-order valence-electron chi connectivity index (χ4n) is 3.14. The Morgan fingerprint density at radius 1 is 1.09 bits per heavy atom. The van der Waals surface area contributed by atoms with E-state index in [2.05, 4.69) is 15.4 Å². The van der Waals surface area contributed by atoms with E-state index in [4.69, 9.17) is 4.74 Å². The molecule has 190 valence electrons. The van der Waals surface area contributed by atoms with Crippen molar-refractivity contribution in [3.63, 3.8) is 0 Å². The van der Waals surface area contributed by atoms with Gasteiger partial charge >= 0.3 is 12.1 Å². The lowest BCUT2D eigenvalue weighted by Gasteiger charge is -2.32. The molecule has 1 aromatic rings. The van der Waals surface area contributed by atoms with E-state index in [1.807, 2.05) is 6.92 Å². The Balaban J connectivity index is 3.24. The predicted molar refractivity (Wildman–Crippen MR) is 126 cm³/mol. The maximum absolute atomic E-state index is 13.2. The summed E-state index contributed by atoms with van der Waals surface area (Å²) in [6.07, 6.45) is 1.61. The highest BCUT2D eigenvalue weighted by atomic mass is 16.6. The fourth-order valence-corrected chi connectivity index (χ4v) is 3.14. The molecule has 34 heavy (non-hydrogen) atoms. The standard InChI is InChI=1S/C24H37N3O7/c1-7-8-9-12-27(19(29)14-26-23(32)34-24(3,4)5)21(22(31)25-15-20(30)33-6)17-10-11-18(28)16(2)13-17/h10-11,13,21,28H,7-9,12,14-15H2,1-6H3,(H,25,31)(H,26,32). The first-order valence-corrected chi connectivity index (χ1v) is 11.3. The van der Waals surface area contributed by atoms with E-state index in [1.165, 1.54) is 18.1 Å². The molecule has 0 saturated carbocycles. The van der Waals surface area contributed by atoms with E-state index in [1.54, 1.807) is 39.8 Å². The van der Waals surface area contributed by atoms with Gasteiger partial charge in [0.15, 0.2) is 0 Å². The molecule has 0 saturated heterocycles. The summed E-state index contributed by atoms with van der Waals surface area (Å²) in [5, 5.41) is 14.9. The smallest absolute Gasteiger partial charge is 0.408 e. The molecule has 0 aliphatic heterocycles. The number of unbranched alkanes of at least 4 members (excludes halogenated alkanes) is 2. The van der Waals surface area contributed by atoms with Crippen molar-refractivity contribution in [1.29, 1.82) is 0 Å². The molecular formula is C24H37N3O7. The number of esters is 1. The van der Waals surface area contributed by atoms with Crippen molar-refractivity contribution in [2.45, 2.75) is 65.5 Å². The van der Waals surface area contributed by atoms with Gasteiger partial charge in [-0.2, -0.15) is 0 Å². The van der Waals surface area contributed by atoms with Crippen LogP contribution in [0, 0.1) is 6.92 Å². The van der Waals surface area contributed by atoms with Crippen molar-refractivity contribution in [2.75, 3.05) is 26.7 Å². The van der Waals surface area contributed by atoms with Crippen LogP contribution in [-0.2, 0) is 23.9 Å². The number of hydrogen-bond donors (Lipinski definition) is 3. The zero-order chi connectivity index (χ0) is 25.9. The molecule has 10 heteroatoms. The number of phenols is 1. The fraction of sp³-hybridized carbons (Fsp3) is 0.583. The molecule has 1 aromatic carbocycles. The van der Waals surface area contributed by atoms with Crippen molar-refractivity contribution >= 4 is 23.9 Å².